The summed E-state index contributed by atoms with van der Waals surface area (Å²) in [5.74, 6) is 0. The van der Waals surface area contributed by atoms with Crippen LogP contribution in [0.5, 0.6) is 0 Å². The lowest BCUT2D eigenvalue weighted by Crippen LogP contribution is -2.28. The van der Waals surface area contributed by atoms with E-state index in [9.17, 15) is 0 Å². The quantitative estimate of drug-likeness (QED) is 0.172. The summed E-state index contributed by atoms with van der Waals surface area (Å²) in [6.07, 6.45) is 0. The zero-order valence-electron chi connectivity index (χ0n) is 30.1. The second-order valence-corrected chi connectivity index (χ2v) is 14.4. The van der Waals surface area contributed by atoms with Crippen molar-refractivity contribution in [3.05, 3.63) is 235 Å². The van der Waals surface area contributed by atoms with E-state index in [1.54, 1.807) is 0 Å². The molecule has 55 heavy (non-hydrogen) atoms. The van der Waals surface area contributed by atoms with Crippen LogP contribution in [0.2, 0.25) is 0 Å². The standard InChI is InChI=1S/C53H35NO/c1-5-17-36(18-6-1)37-29-31-45-47-35-50(44-26-13-14-27-46(44)52(47)55-51(45)33-37)54(40-23-11-4-12-24-40)41-30-32-43-42-25-15-16-28-48(42)53(49(43)34-41,38-19-7-2-8-20-38)39-21-9-3-10-22-39/h1-35H. The highest BCUT2D eigenvalue weighted by Crippen LogP contribution is 2.57. The topological polar surface area (TPSA) is 16.4 Å². The number of anilines is 3. The summed E-state index contributed by atoms with van der Waals surface area (Å²) in [5, 5.41) is 4.42. The van der Waals surface area contributed by atoms with Gasteiger partial charge in [0.25, 0.3) is 0 Å². The summed E-state index contributed by atoms with van der Waals surface area (Å²) in [5.41, 5.74) is 14.5. The minimum atomic E-state index is -0.504. The SMILES string of the molecule is c1ccc(-c2ccc3c(c2)oc2c4ccccc4c(N(c4ccccc4)c4ccc5c(c4)C(c4ccccc4)(c4ccccc4)c4ccccc4-5)cc32)cc1. The summed E-state index contributed by atoms with van der Waals surface area (Å²) < 4.78 is 6.78. The molecule has 0 bridgehead atoms. The maximum Gasteiger partial charge on any atom is 0.143 e. The van der Waals surface area contributed by atoms with Crippen LogP contribution in [0.15, 0.2) is 217 Å². The van der Waals surface area contributed by atoms with E-state index in [-0.39, 0.29) is 0 Å². The zero-order valence-corrected chi connectivity index (χ0v) is 30.1. The lowest BCUT2D eigenvalue weighted by atomic mass is 9.67. The van der Waals surface area contributed by atoms with E-state index >= 15 is 0 Å². The Hall–Kier alpha value is -7.16. The molecule has 10 aromatic rings. The van der Waals surface area contributed by atoms with Crippen LogP contribution in [0.4, 0.5) is 17.1 Å². The molecule has 1 heterocycles. The van der Waals surface area contributed by atoms with Gasteiger partial charge in [-0.1, -0.05) is 170 Å². The number of hydrogen-bond donors (Lipinski definition) is 0. The number of nitrogens with zero attached hydrogens (tertiary/aromatic N) is 1. The van der Waals surface area contributed by atoms with Gasteiger partial charge in [-0.2, -0.15) is 0 Å². The van der Waals surface area contributed by atoms with E-state index in [4.69, 9.17) is 4.42 Å². The van der Waals surface area contributed by atoms with Crippen molar-refractivity contribution in [1.82, 2.24) is 0 Å². The first kappa shape index (κ1) is 31.4. The van der Waals surface area contributed by atoms with Gasteiger partial charge in [-0.15, -0.1) is 0 Å². The molecule has 1 aromatic heterocycles. The highest BCUT2D eigenvalue weighted by Gasteiger charge is 2.46. The molecule has 0 radical (unpaired) electrons. The van der Waals surface area contributed by atoms with Crippen molar-refractivity contribution >= 4 is 49.8 Å². The number of furan rings is 1. The van der Waals surface area contributed by atoms with Crippen LogP contribution in [0.3, 0.4) is 0 Å². The third kappa shape index (κ3) is 4.75. The minimum Gasteiger partial charge on any atom is -0.455 e. The van der Waals surface area contributed by atoms with E-state index in [2.05, 4.69) is 217 Å². The van der Waals surface area contributed by atoms with Crippen LogP contribution in [0.25, 0.3) is 55.0 Å². The van der Waals surface area contributed by atoms with Gasteiger partial charge in [0.05, 0.1) is 11.1 Å². The summed E-state index contributed by atoms with van der Waals surface area (Å²) in [6.45, 7) is 0. The average molecular weight is 702 g/mol. The predicted molar refractivity (Wildman–Crippen MR) is 229 cm³/mol. The van der Waals surface area contributed by atoms with Crippen LogP contribution in [0.1, 0.15) is 22.3 Å². The predicted octanol–water partition coefficient (Wildman–Crippen LogP) is 14.2. The molecule has 258 valence electrons. The monoisotopic (exact) mass is 701 g/mol. The molecule has 2 nitrogen and oxygen atoms in total. The van der Waals surface area contributed by atoms with E-state index in [0.717, 1.165) is 55.3 Å². The molecule has 0 N–H and O–H groups in total. The fourth-order valence-electron chi connectivity index (χ4n) is 9.15. The molecule has 1 aliphatic rings. The van der Waals surface area contributed by atoms with Crippen molar-refractivity contribution in [3.8, 4) is 22.3 Å². The normalized spacial score (nSPS) is 12.9. The van der Waals surface area contributed by atoms with Gasteiger partial charge in [-0.05, 0) is 87.0 Å². The van der Waals surface area contributed by atoms with E-state index < -0.39 is 5.41 Å². The molecule has 0 fully saturated rings. The van der Waals surface area contributed by atoms with E-state index in [1.807, 2.05) is 0 Å². The fourth-order valence-corrected chi connectivity index (χ4v) is 9.15. The first-order chi connectivity index (χ1) is 27.3. The molecule has 0 unspecified atom stereocenters. The number of fused-ring (bicyclic) bond motifs is 8. The molecule has 11 rings (SSSR count). The largest absolute Gasteiger partial charge is 0.455 e. The molecule has 2 heteroatoms. The highest BCUT2D eigenvalue weighted by atomic mass is 16.3. The van der Waals surface area contributed by atoms with Gasteiger partial charge in [-0.25, -0.2) is 0 Å². The molecule has 0 aliphatic heterocycles. The second-order valence-electron chi connectivity index (χ2n) is 14.4. The van der Waals surface area contributed by atoms with Crippen LogP contribution >= 0.6 is 0 Å². The molecule has 9 aromatic carbocycles. The second kappa shape index (κ2) is 12.5. The van der Waals surface area contributed by atoms with Crippen LogP contribution in [-0.4, -0.2) is 0 Å². The fraction of sp³-hybridized carbons (Fsp3) is 0.0189. The van der Waals surface area contributed by atoms with Crippen LogP contribution in [-0.2, 0) is 5.41 Å². The van der Waals surface area contributed by atoms with E-state index in [1.165, 1.54) is 38.9 Å². The van der Waals surface area contributed by atoms with Gasteiger partial charge in [0.1, 0.15) is 11.2 Å². The summed E-state index contributed by atoms with van der Waals surface area (Å²) in [7, 11) is 0. The van der Waals surface area contributed by atoms with Gasteiger partial charge in [-0.3, -0.25) is 0 Å². The van der Waals surface area contributed by atoms with Crippen molar-refractivity contribution in [3.63, 3.8) is 0 Å². The molecular weight excluding hydrogens is 667 g/mol. The van der Waals surface area contributed by atoms with E-state index in [0.29, 0.717) is 0 Å². The van der Waals surface area contributed by atoms with Gasteiger partial charge < -0.3 is 9.32 Å². The van der Waals surface area contributed by atoms with Crippen molar-refractivity contribution in [2.75, 3.05) is 4.90 Å². The van der Waals surface area contributed by atoms with Gasteiger partial charge in [0, 0.05) is 32.9 Å². The number of benzene rings is 9. The molecule has 0 saturated heterocycles. The van der Waals surface area contributed by atoms with Crippen molar-refractivity contribution in [1.29, 1.82) is 0 Å². The van der Waals surface area contributed by atoms with Crippen LogP contribution in [0, 0.1) is 0 Å². The Bertz CT molecular complexity index is 2980. The Morgan fingerprint density at radius 2 is 0.964 bits per heavy atom. The molecular formula is C53H35NO. The van der Waals surface area contributed by atoms with Crippen LogP contribution < -0.4 is 4.90 Å². The number of para-hydroxylation sites is 1. The molecule has 0 saturated carbocycles. The third-order valence-corrected chi connectivity index (χ3v) is 11.5. The Kier molecular flexibility index (Phi) is 7.11. The number of hydrogen-bond acceptors (Lipinski definition) is 2. The van der Waals surface area contributed by atoms with Crippen molar-refractivity contribution in [2.24, 2.45) is 0 Å². The molecule has 0 spiro atoms. The van der Waals surface area contributed by atoms with Crippen molar-refractivity contribution in [2.45, 2.75) is 5.41 Å². The Morgan fingerprint density at radius 1 is 0.364 bits per heavy atom. The molecule has 1 aliphatic carbocycles. The Balaban J connectivity index is 1.19. The summed E-state index contributed by atoms with van der Waals surface area (Å²) >= 11 is 0. The first-order valence-corrected chi connectivity index (χ1v) is 18.9. The smallest absolute Gasteiger partial charge is 0.143 e. The first-order valence-electron chi connectivity index (χ1n) is 18.9. The molecule has 0 atom stereocenters. The summed E-state index contributed by atoms with van der Waals surface area (Å²) in [4.78, 5) is 2.43. The van der Waals surface area contributed by atoms with Gasteiger partial charge in [0.15, 0.2) is 0 Å². The average Bonchev–Trinajstić information content (AvgIpc) is 3.78. The minimum absolute atomic E-state index is 0.504. The lowest BCUT2D eigenvalue weighted by Gasteiger charge is -2.35. The molecule has 0 amide bonds. The maximum absolute atomic E-state index is 6.78. The highest BCUT2D eigenvalue weighted by molar-refractivity contribution is 6.20. The van der Waals surface area contributed by atoms with Crippen molar-refractivity contribution < 1.29 is 4.42 Å². The maximum atomic E-state index is 6.78. The Morgan fingerprint density at radius 3 is 1.69 bits per heavy atom. The summed E-state index contributed by atoms with van der Waals surface area (Å²) in [6, 6.07) is 77.0. The zero-order chi connectivity index (χ0) is 36.3. The third-order valence-electron chi connectivity index (χ3n) is 11.5. The van der Waals surface area contributed by atoms with Gasteiger partial charge >= 0.3 is 0 Å². The van der Waals surface area contributed by atoms with Gasteiger partial charge in [0.2, 0.25) is 0 Å². The Labute approximate surface area is 320 Å². The number of rotatable bonds is 6. The lowest BCUT2D eigenvalue weighted by molar-refractivity contribution is 0.673.